The third-order valence-electron chi connectivity index (χ3n) is 4.33. The van der Waals surface area contributed by atoms with E-state index in [1.165, 1.54) is 25.7 Å². The molecule has 0 radical (unpaired) electrons. The summed E-state index contributed by atoms with van der Waals surface area (Å²) in [7, 11) is 0. The first kappa shape index (κ1) is 13.3. The van der Waals surface area contributed by atoms with Crippen LogP contribution in [0.15, 0.2) is 0 Å². The molecule has 0 aromatic carbocycles. The lowest BCUT2D eigenvalue weighted by atomic mass is 10.0. The van der Waals surface area contributed by atoms with Gasteiger partial charge < -0.3 is 10.1 Å². The number of fused-ring (bicyclic) bond motifs is 2. The van der Waals surface area contributed by atoms with Gasteiger partial charge in [0, 0.05) is 25.2 Å². The van der Waals surface area contributed by atoms with Crippen LogP contribution in [0.4, 0.5) is 0 Å². The quantitative estimate of drug-likeness (QED) is 0.769. The molecule has 2 heterocycles. The zero-order valence-electron chi connectivity index (χ0n) is 11.6. The fourth-order valence-electron chi connectivity index (χ4n) is 3.22. The number of morpholine rings is 1. The Morgan fingerprint density at radius 2 is 1.88 bits per heavy atom. The lowest BCUT2D eigenvalue weighted by Gasteiger charge is -2.40. The van der Waals surface area contributed by atoms with Crippen molar-refractivity contribution >= 4 is 0 Å². The minimum absolute atomic E-state index is 0.514. The van der Waals surface area contributed by atoms with Crippen LogP contribution in [0, 0.1) is 0 Å². The van der Waals surface area contributed by atoms with Gasteiger partial charge in [0.15, 0.2) is 0 Å². The molecule has 2 saturated heterocycles. The van der Waals surface area contributed by atoms with Crippen LogP contribution in [0.2, 0.25) is 0 Å². The highest BCUT2D eigenvalue weighted by molar-refractivity contribution is 4.90. The third kappa shape index (κ3) is 3.21. The van der Waals surface area contributed by atoms with Crippen molar-refractivity contribution in [3.8, 4) is 0 Å². The van der Waals surface area contributed by atoms with Crippen molar-refractivity contribution in [1.82, 2.24) is 10.2 Å². The van der Waals surface area contributed by atoms with E-state index < -0.39 is 0 Å². The molecule has 100 valence electrons. The Hall–Kier alpha value is -0.120. The highest BCUT2D eigenvalue weighted by Crippen LogP contribution is 2.28. The second-order valence-electron chi connectivity index (χ2n) is 5.62. The minimum atomic E-state index is 0.514. The highest BCUT2D eigenvalue weighted by atomic mass is 16.5. The van der Waals surface area contributed by atoms with E-state index in [1.807, 2.05) is 0 Å². The van der Waals surface area contributed by atoms with Gasteiger partial charge in [-0.25, -0.2) is 0 Å². The molecule has 0 spiro atoms. The summed E-state index contributed by atoms with van der Waals surface area (Å²) in [6.45, 7) is 10.3. The molecule has 4 atom stereocenters. The van der Waals surface area contributed by atoms with Crippen LogP contribution in [-0.2, 0) is 4.74 Å². The largest absolute Gasteiger partial charge is 0.372 e. The summed E-state index contributed by atoms with van der Waals surface area (Å²) in [5, 5.41) is 3.68. The fourth-order valence-corrected chi connectivity index (χ4v) is 3.22. The summed E-state index contributed by atoms with van der Waals surface area (Å²) in [6, 6.07) is 1.27. The van der Waals surface area contributed by atoms with Crippen molar-refractivity contribution in [2.75, 3.05) is 19.6 Å². The number of ether oxygens (including phenoxy) is 1. The summed E-state index contributed by atoms with van der Waals surface area (Å²) in [4.78, 5) is 2.64. The summed E-state index contributed by atoms with van der Waals surface area (Å²) < 4.78 is 5.91. The van der Waals surface area contributed by atoms with Gasteiger partial charge in [-0.1, -0.05) is 13.8 Å². The van der Waals surface area contributed by atoms with Gasteiger partial charge in [0.1, 0.15) is 0 Å². The van der Waals surface area contributed by atoms with Crippen LogP contribution in [0.1, 0.15) is 46.5 Å². The molecule has 3 heteroatoms. The zero-order chi connectivity index (χ0) is 12.3. The van der Waals surface area contributed by atoms with Crippen molar-refractivity contribution in [3.63, 3.8) is 0 Å². The van der Waals surface area contributed by atoms with E-state index in [-0.39, 0.29) is 0 Å². The van der Waals surface area contributed by atoms with Gasteiger partial charge in [-0.15, -0.1) is 0 Å². The standard InChI is InChI=1S/C14H28N2O/c1-4-8-15-14(5-2)11(3)16-9-12-6-7-13(10-16)17-12/h11-15H,4-10H2,1-3H3. The Labute approximate surface area is 106 Å². The van der Waals surface area contributed by atoms with Crippen molar-refractivity contribution in [1.29, 1.82) is 0 Å². The molecule has 2 aliphatic rings. The molecule has 17 heavy (non-hydrogen) atoms. The maximum atomic E-state index is 5.91. The molecule has 3 nitrogen and oxygen atoms in total. The van der Waals surface area contributed by atoms with E-state index >= 15 is 0 Å². The minimum Gasteiger partial charge on any atom is -0.372 e. The molecule has 4 unspecified atom stereocenters. The lowest BCUT2D eigenvalue weighted by molar-refractivity contribution is -0.0550. The predicted octanol–water partition coefficient (Wildman–Crippen LogP) is 2.02. The van der Waals surface area contributed by atoms with Gasteiger partial charge in [-0.3, -0.25) is 4.90 Å². The Kier molecular flexibility index (Phi) is 4.83. The van der Waals surface area contributed by atoms with E-state index in [4.69, 9.17) is 4.74 Å². The van der Waals surface area contributed by atoms with Crippen LogP contribution in [-0.4, -0.2) is 48.8 Å². The summed E-state index contributed by atoms with van der Waals surface area (Å²) >= 11 is 0. The Balaban J connectivity index is 1.86. The smallest absolute Gasteiger partial charge is 0.0707 e. The zero-order valence-corrected chi connectivity index (χ0v) is 11.6. The van der Waals surface area contributed by atoms with Gasteiger partial charge in [0.05, 0.1) is 12.2 Å². The first-order valence-corrected chi connectivity index (χ1v) is 7.37. The highest BCUT2D eigenvalue weighted by Gasteiger charge is 2.36. The number of nitrogens with zero attached hydrogens (tertiary/aromatic N) is 1. The van der Waals surface area contributed by atoms with Crippen LogP contribution < -0.4 is 5.32 Å². The molecule has 0 aromatic rings. The molecular formula is C14H28N2O. The fraction of sp³-hybridized carbons (Fsp3) is 1.00. The number of hydrogen-bond acceptors (Lipinski definition) is 3. The Morgan fingerprint density at radius 3 is 2.41 bits per heavy atom. The maximum Gasteiger partial charge on any atom is 0.0707 e. The van der Waals surface area contributed by atoms with Crippen LogP contribution in [0.25, 0.3) is 0 Å². The molecule has 2 aliphatic heterocycles. The third-order valence-corrected chi connectivity index (χ3v) is 4.33. The average Bonchev–Trinajstić information content (AvgIpc) is 2.69. The van der Waals surface area contributed by atoms with E-state index in [9.17, 15) is 0 Å². The van der Waals surface area contributed by atoms with Crippen LogP contribution >= 0.6 is 0 Å². The first-order chi connectivity index (χ1) is 8.24. The van der Waals surface area contributed by atoms with E-state index in [0.29, 0.717) is 24.3 Å². The average molecular weight is 240 g/mol. The summed E-state index contributed by atoms with van der Waals surface area (Å²) in [6.07, 6.45) is 6.01. The molecular weight excluding hydrogens is 212 g/mol. The van der Waals surface area contributed by atoms with Crippen molar-refractivity contribution in [2.45, 2.75) is 70.7 Å². The second-order valence-corrected chi connectivity index (χ2v) is 5.62. The van der Waals surface area contributed by atoms with Gasteiger partial charge >= 0.3 is 0 Å². The normalized spacial score (nSPS) is 32.6. The summed E-state index contributed by atoms with van der Waals surface area (Å²) in [5.41, 5.74) is 0. The first-order valence-electron chi connectivity index (χ1n) is 7.37. The van der Waals surface area contributed by atoms with E-state index in [2.05, 4.69) is 31.0 Å². The van der Waals surface area contributed by atoms with Gasteiger partial charge in [-0.05, 0) is 39.2 Å². The van der Waals surface area contributed by atoms with Crippen LogP contribution in [0.5, 0.6) is 0 Å². The molecule has 2 rings (SSSR count). The molecule has 2 fully saturated rings. The molecule has 0 aromatic heterocycles. The van der Waals surface area contributed by atoms with Gasteiger partial charge in [0.2, 0.25) is 0 Å². The van der Waals surface area contributed by atoms with Gasteiger partial charge in [-0.2, -0.15) is 0 Å². The van der Waals surface area contributed by atoms with E-state index in [1.54, 1.807) is 0 Å². The van der Waals surface area contributed by atoms with Crippen molar-refractivity contribution in [2.24, 2.45) is 0 Å². The SMILES string of the molecule is CCCNC(CC)C(C)N1CC2CCC(C1)O2. The van der Waals surface area contributed by atoms with Crippen molar-refractivity contribution < 1.29 is 4.74 Å². The topological polar surface area (TPSA) is 24.5 Å². The second kappa shape index (κ2) is 6.17. The Bertz CT molecular complexity index is 222. The summed E-state index contributed by atoms with van der Waals surface area (Å²) in [5.74, 6) is 0. The number of nitrogens with one attached hydrogen (secondary N) is 1. The number of hydrogen-bond donors (Lipinski definition) is 1. The number of likely N-dealkylation sites (tertiary alicyclic amines) is 1. The predicted molar refractivity (Wildman–Crippen MR) is 71.3 cm³/mol. The van der Waals surface area contributed by atoms with Gasteiger partial charge in [0.25, 0.3) is 0 Å². The van der Waals surface area contributed by atoms with Crippen LogP contribution in [0.3, 0.4) is 0 Å². The lowest BCUT2D eigenvalue weighted by Crippen LogP contribution is -2.54. The Morgan fingerprint density at radius 1 is 1.24 bits per heavy atom. The van der Waals surface area contributed by atoms with E-state index in [0.717, 1.165) is 19.6 Å². The molecule has 0 saturated carbocycles. The molecule has 2 bridgehead atoms. The monoisotopic (exact) mass is 240 g/mol. The van der Waals surface area contributed by atoms with Crippen molar-refractivity contribution in [3.05, 3.63) is 0 Å². The maximum absolute atomic E-state index is 5.91. The molecule has 0 amide bonds. The number of rotatable bonds is 6. The molecule has 1 N–H and O–H groups in total. The molecule has 0 aliphatic carbocycles.